The van der Waals surface area contributed by atoms with Gasteiger partial charge in [0.1, 0.15) is 5.01 Å². The molecule has 3 heterocycles. The van der Waals surface area contributed by atoms with Crippen LogP contribution in [0.25, 0.3) is 0 Å². The Bertz CT molecular complexity index is 691. The van der Waals surface area contributed by atoms with Gasteiger partial charge in [-0.05, 0) is 31.1 Å². The third kappa shape index (κ3) is 2.80. The number of carbonyl (C=O) groups excluding carboxylic acids is 2. The van der Waals surface area contributed by atoms with E-state index in [1.54, 1.807) is 21.1 Å². The predicted octanol–water partition coefficient (Wildman–Crippen LogP) is 1.11. The van der Waals surface area contributed by atoms with Crippen LogP contribution in [-0.2, 0) is 16.1 Å². The third-order valence-electron chi connectivity index (χ3n) is 6.14. The fourth-order valence-electron chi connectivity index (χ4n) is 4.56. The Morgan fingerprint density at radius 2 is 1.76 bits per heavy atom. The van der Waals surface area contributed by atoms with E-state index in [-0.39, 0.29) is 17.9 Å². The van der Waals surface area contributed by atoms with Gasteiger partial charge >= 0.3 is 11.8 Å². The van der Waals surface area contributed by atoms with Gasteiger partial charge in [0, 0.05) is 32.2 Å². The third-order valence-corrected chi connectivity index (χ3v) is 7.11. The van der Waals surface area contributed by atoms with Gasteiger partial charge in [-0.2, -0.15) is 0 Å². The molecule has 2 amide bonds. The molecule has 25 heavy (non-hydrogen) atoms. The number of hydrogen-bond donors (Lipinski definition) is 0. The zero-order valence-electron chi connectivity index (χ0n) is 14.3. The maximum absolute atomic E-state index is 12.5. The number of carbonyl (C=O) groups is 2. The average molecular weight is 361 g/mol. The van der Waals surface area contributed by atoms with Crippen molar-refractivity contribution < 1.29 is 9.59 Å². The standard InChI is InChI=1S/C17H23N5O2S/c23-15-16(24)22(13-3-1-2-4-13)6-5-20(15)10-14-18-19-17(25-14)21-8-11-7-12(11)9-21/h11-13H,1-10H2. The SMILES string of the molecule is O=C1C(=O)N(C2CCCC2)CCN1Cc1nnc(N2CC3CC3C2)s1. The average Bonchev–Trinajstić information content (AvgIpc) is 3.10. The van der Waals surface area contributed by atoms with Crippen LogP contribution in [0.2, 0.25) is 0 Å². The van der Waals surface area contributed by atoms with Crippen LogP contribution in [0.5, 0.6) is 0 Å². The number of amides is 2. The molecule has 1 aromatic heterocycles. The highest BCUT2D eigenvalue weighted by molar-refractivity contribution is 7.15. The van der Waals surface area contributed by atoms with Gasteiger partial charge in [-0.3, -0.25) is 9.59 Å². The van der Waals surface area contributed by atoms with Gasteiger partial charge in [-0.15, -0.1) is 10.2 Å². The first-order valence-corrected chi connectivity index (χ1v) is 10.2. The second-order valence-corrected chi connectivity index (χ2v) is 8.84. The van der Waals surface area contributed by atoms with Crippen LogP contribution < -0.4 is 4.90 Å². The summed E-state index contributed by atoms with van der Waals surface area (Å²) in [7, 11) is 0. The fraction of sp³-hybridized carbons (Fsp3) is 0.765. The Kier molecular flexibility index (Phi) is 3.69. The molecule has 0 aromatic carbocycles. The van der Waals surface area contributed by atoms with Crippen molar-refractivity contribution >= 4 is 28.3 Å². The van der Waals surface area contributed by atoms with E-state index in [0.717, 1.165) is 60.7 Å². The molecule has 2 unspecified atom stereocenters. The minimum Gasteiger partial charge on any atom is -0.346 e. The van der Waals surface area contributed by atoms with E-state index < -0.39 is 0 Å². The summed E-state index contributed by atoms with van der Waals surface area (Å²) in [5, 5.41) is 10.3. The zero-order valence-corrected chi connectivity index (χ0v) is 15.1. The van der Waals surface area contributed by atoms with Crippen molar-refractivity contribution in [2.24, 2.45) is 11.8 Å². The molecule has 8 heteroatoms. The van der Waals surface area contributed by atoms with Crippen molar-refractivity contribution in [1.29, 1.82) is 0 Å². The number of nitrogens with zero attached hydrogens (tertiary/aromatic N) is 5. The van der Waals surface area contributed by atoms with E-state index >= 15 is 0 Å². The van der Waals surface area contributed by atoms with E-state index in [1.165, 1.54) is 6.42 Å². The Labute approximate surface area is 151 Å². The van der Waals surface area contributed by atoms with Crippen LogP contribution in [0.1, 0.15) is 37.1 Å². The largest absolute Gasteiger partial charge is 0.346 e. The minimum atomic E-state index is -0.377. The molecule has 2 saturated heterocycles. The molecule has 2 aliphatic carbocycles. The zero-order chi connectivity index (χ0) is 17.0. The highest BCUT2D eigenvalue weighted by Crippen LogP contribution is 2.46. The van der Waals surface area contributed by atoms with Crippen molar-refractivity contribution in [1.82, 2.24) is 20.0 Å². The van der Waals surface area contributed by atoms with Crippen LogP contribution in [0.4, 0.5) is 5.13 Å². The minimum absolute atomic E-state index is 0.272. The van der Waals surface area contributed by atoms with Gasteiger partial charge in [-0.25, -0.2) is 0 Å². The molecular formula is C17H23N5O2S. The number of hydrogen-bond acceptors (Lipinski definition) is 6. The number of piperazine rings is 1. The predicted molar refractivity (Wildman–Crippen MR) is 93.1 cm³/mol. The van der Waals surface area contributed by atoms with Gasteiger partial charge in [0.2, 0.25) is 5.13 Å². The quantitative estimate of drug-likeness (QED) is 0.752. The van der Waals surface area contributed by atoms with Crippen LogP contribution in [0.15, 0.2) is 0 Å². The summed E-state index contributed by atoms with van der Waals surface area (Å²) in [6, 6.07) is 0.272. The van der Waals surface area contributed by atoms with E-state index in [4.69, 9.17) is 0 Å². The number of rotatable bonds is 4. The highest BCUT2D eigenvalue weighted by atomic mass is 32.1. The Balaban J connectivity index is 1.22. The first-order valence-electron chi connectivity index (χ1n) is 9.36. The van der Waals surface area contributed by atoms with Gasteiger partial charge in [0.25, 0.3) is 0 Å². The van der Waals surface area contributed by atoms with Crippen LogP contribution in [0, 0.1) is 11.8 Å². The smallest absolute Gasteiger partial charge is 0.312 e. The fourth-order valence-corrected chi connectivity index (χ4v) is 5.43. The van der Waals surface area contributed by atoms with Crippen molar-refractivity contribution in [3.8, 4) is 0 Å². The maximum atomic E-state index is 12.5. The molecule has 4 fully saturated rings. The molecule has 2 atom stereocenters. The molecule has 0 N–H and O–H groups in total. The molecule has 0 bridgehead atoms. The van der Waals surface area contributed by atoms with Crippen molar-refractivity contribution in [3.05, 3.63) is 5.01 Å². The second kappa shape index (κ2) is 5.93. The van der Waals surface area contributed by atoms with Crippen LogP contribution in [0.3, 0.4) is 0 Å². The lowest BCUT2D eigenvalue weighted by Gasteiger charge is -2.36. The monoisotopic (exact) mass is 361 g/mol. The van der Waals surface area contributed by atoms with Gasteiger partial charge < -0.3 is 14.7 Å². The molecule has 0 spiro atoms. The molecule has 1 aromatic rings. The van der Waals surface area contributed by atoms with E-state index in [9.17, 15) is 9.59 Å². The summed E-state index contributed by atoms with van der Waals surface area (Å²) in [5.41, 5.74) is 0. The molecule has 7 nitrogen and oxygen atoms in total. The normalized spacial score (nSPS) is 29.7. The summed E-state index contributed by atoms with van der Waals surface area (Å²) in [4.78, 5) is 30.7. The van der Waals surface area contributed by atoms with E-state index in [1.807, 2.05) is 0 Å². The Hall–Kier alpha value is -1.70. The van der Waals surface area contributed by atoms with E-state index in [2.05, 4.69) is 15.1 Å². The maximum Gasteiger partial charge on any atom is 0.312 e. The summed E-state index contributed by atoms with van der Waals surface area (Å²) in [6.07, 6.45) is 5.77. The van der Waals surface area contributed by atoms with Crippen LogP contribution >= 0.6 is 11.3 Å². The summed E-state index contributed by atoms with van der Waals surface area (Å²) < 4.78 is 0. The summed E-state index contributed by atoms with van der Waals surface area (Å²) >= 11 is 1.56. The highest BCUT2D eigenvalue weighted by Gasteiger charge is 2.46. The van der Waals surface area contributed by atoms with Crippen LogP contribution in [-0.4, -0.2) is 64.0 Å². The molecule has 0 radical (unpaired) electrons. The lowest BCUT2D eigenvalue weighted by molar-refractivity contribution is -0.158. The first kappa shape index (κ1) is 15.5. The van der Waals surface area contributed by atoms with Crippen molar-refractivity contribution in [3.63, 3.8) is 0 Å². The van der Waals surface area contributed by atoms with Gasteiger partial charge in [0.05, 0.1) is 6.54 Å². The summed E-state index contributed by atoms with van der Waals surface area (Å²) in [6.45, 7) is 3.84. The summed E-state index contributed by atoms with van der Waals surface area (Å²) in [5.74, 6) is 1.00. The second-order valence-electron chi connectivity index (χ2n) is 7.80. The lowest BCUT2D eigenvalue weighted by atomic mass is 10.1. The molecular weight excluding hydrogens is 338 g/mol. The topological polar surface area (TPSA) is 69.6 Å². The number of aromatic nitrogens is 2. The van der Waals surface area contributed by atoms with Crippen molar-refractivity contribution in [2.75, 3.05) is 31.1 Å². The van der Waals surface area contributed by atoms with Crippen molar-refractivity contribution in [2.45, 2.75) is 44.7 Å². The lowest BCUT2D eigenvalue weighted by Crippen LogP contribution is -2.56. The Morgan fingerprint density at radius 1 is 1.00 bits per heavy atom. The molecule has 5 rings (SSSR count). The van der Waals surface area contributed by atoms with Gasteiger partial charge in [0.15, 0.2) is 0 Å². The first-order chi connectivity index (χ1) is 12.2. The molecule has 2 aliphatic heterocycles. The molecule has 134 valence electrons. The number of fused-ring (bicyclic) bond motifs is 1. The number of piperidine rings is 1. The number of anilines is 1. The van der Waals surface area contributed by atoms with Gasteiger partial charge in [-0.1, -0.05) is 24.2 Å². The molecule has 2 saturated carbocycles. The Morgan fingerprint density at radius 3 is 2.52 bits per heavy atom. The molecule has 4 aliphatic rings. The van der Waals surface area contributed by atoms with E-state index in [0.29, 0.717) is 19.6 Å².